The second kappa shape index (κ2) is 4.33. The Morgan fingerprint density at radius 3 is 2.14 bits per heavy atom. The van der Waals surface area contributed by atoms with E-state index in [0.29, 0.717) is 11.8 Å². The van der Waals surface area contributed by atoms with Crippen LogP contribution in [-0.2, 0) is 4.79 Å². The Morgan fingerprint density at radius 1 is 1.29 bits per heavy atom. The van der Waals surface area contributed by atoms with Gasteiger partial charge in [-0.1, -0.05) is 12.8 Å². The highest BCUT2D eigenvalue weighted by Gasteiger charge is 2.31. The molecule has 0 aromatic rings. The molecule has 0 aromatic carbocycles. The number of carbonyl (C=O) groups is 1. The molecule has 0 aliphatic heterocycles. The fourth-order valence-electron chi connectivity index (χ4n) is 2.35. The molecule has 14 heavy (non-hydrogen) atoms. The first kappa shape index (κ1) is 11.5. The number of nitrogens with zero attached hydrogens (tertiary/aromatic N) is 1. The van der Waals surface area contributed by atoms with Crippen LogP contribution in [0, 0.1) is 5.92 Å². The van der Waals surface area contributed by atoms with Crippen LogP contribution in [0.15, 0.2) is 0 Å². The third kappa shape index (κ3) is 2.49. The zero-order chi connectivity index (χ0) is 10.8. The highest BCUT2D eigenvalue weighted by molar-refractivity contribution is 5.79. The lowest BCUT2D eigenvalue weighted by Crippen LogP contribution is -2.47. The van der Waals surface area contributed by atoms with E-state index in [1.807, 2.05) is 4.90 Å². The molecular weight excluding hydrogens is 174 g/mol. The van der Waals surface area contributed by atoms with Crippen LogP contribution >= 0.6 is 0 Å². The Balaban J connectivity index is 2.64. The van der Waals surface area contributed by atoms with Gasteiger partial charge in [0.15, 0.2) is 0 Å². The van der Waals surface area contributed by atoms with Gasteiger partial charge in [0.2, 0.25) is 5.91 Å². The van der Waals surface area contributed by atoms with Gasteiger partial charge < -0.3 is 4.90 Å². The summed E-state index contributed by atoms with van der Waals surface area (Å²) in [4.78, 5) is 14.2. The van der Waals surface area contributed by atoms with E-state index in [4.69, 9.17) is 0 Å². The van der Waals surface area contributed by atoms with Crippen LogP contribution in [0.1, 0.15) is 53.4 Å². The van der Waals surface area contributed by atoms with Gasteiger partial charge in [-0.15, -0.1) is 0 Å². The first-order chi connectivity index (χ1) is 6.46. The van der Waals surface area contributed by atoms with E-state index in [0.717, 1.165) is 19.4 Å². The van der Waals surface area contributed by atoms with E-state index in [1.54, 1.807) is 0 Å². The van der Waals surface area contributed by atoms with Crippen molar-refractivity contribution >= 4 is 5.91 Å². The largest absolute Gasteiger partial charge is 0.338 e. The summed E-state index contributed by atoms with van der Waals surface area (Å²) in [5.74, 6) is 0.687. The van der Waals surface area contributed by atoms with E-state index >= 15 is 0 Å². The smallest absolute Gasteiger partial charge is 0.226 e. The molecule has 1 rings (SSSR count). The molecule has 0 aromatic heterocycles. The summed E-state index contributed by atoms with van der Waals surface area (Å²) >= 11 is 0. The summed E-state index contributed by atoms with van der Waals surface area (Å²) in [6.07, 6.45) is 4.67. The van der Waals surface area contributed by atoms with Crippen molar-refractivity contribution in [2.24, 2.45) is 5.92 Å². The average Bonchev–Trinajstić information content (AvgIpc) is 2.53. The summed E-state index contributed by atoms with van der Waals surface area (Å²) in [6, 6.07) is 0. The molecule has 0 N–H and O–H groups in total. The van der Waals surface area contributed by atoms with Gasteiger partial charge in [0, 0.05) is 18.0 Å². The monoisotopic (exact) mass is 197 g/mol. The Labute approximate surface area is 87.7 Å². The zero-order valence-electron chi connectivity index (χ0n) is 9.97. The Morgan fingerprint density at radius 2 is 1.79 bits per heavy atom. The van der Waals surface area contributed by atoms with E-state index in [1.165, 1.54) is 12.8 Å². The van der Waals surface area contributed by atoms with E-state index < -0.39 is 0 Å². The lowest BCUT2D eigenvalue weighted by molar-refractivity contribution is -0.139. The highest BCUT2D eigenvalue weighted by Crippen LogP contribution is 2.28. The predicted octanol–water partition coefficient (Wildman–Crippen LogP) is 2.82. The van der Waals surface area contributed by atoms with Crippen molar-refractivity contribution in [2.75, 3.05) is 6.54 Å². The molecule has 1 fully saturated rings. The summed E-state index contributed by atoms with van der Waals surface area (Å²) in [5, 5.41) is 0. The van der Waals surface area contributed by atoms with Crippen LogP contribution in [0.5, 0.6) is 0 Å². The minimum Gasteiger partial charge on any atom is -0.338 e. The molecule has 0 bridgehead atoms. The van der Waals surface area contributed by atoms with Crippen molar-refractivity contribution in [1.29, 1.82) is 0 Å². The summed E-state index contributed by atoms with van der Waals surface area (Å²) in [7, 11) is 0. The third-order valence-corrected chi connectivity index (χ3v) is 3.10. The topological polar surface area (TPSA) is 20.3 Å². The fourth-order valence-corrected chi connectivity index (χ4v) is 2.35. The molecule has 0 spiro atoms. The number of hydrogen-bond acceptors (Lipinski definition) is 1. The van der Waals surface area contributed by atoms with Crippen molar-refractivity contribution in [1.82, 2.24) is 4.90 Å². The normalized spacial score (nSPS) is 18.6. The van der Waals surface area contributed by atoms with Crippen molar-refractivity contribution in [3.63, 3.8) is 0 Å². The van der Waals surface area contributed by atoms with Crippen molar-refractivity contribution in [3.8, 4) is 0 Å². The molecule has 0 saturated heterocycles. The van der Waals surface area contributed by atoms with Crippen LogP contribution in [0.25, 0.3) is 0 Å². The molecule has 0 heterocycles. The minimum absolute atomic E-state index is 0.0194. The Hall–Kier alpha value is -0.530. The molecule has 1 aliphatic carbocycles. The minimum atomic E-state index is -0.0194. The highest BCUT2D eigenvalue weighted by atomic mass is 16.2. The van der Waals surface area contributed by atoms with Crippen LogP contribution in [0.2, 0.25) is 0 Å². The molecule has 1 saturated carbocycles. The summed E-state index contributed by atoms with van der Waals surface area (Å²) in [5.41, 5.74) is -0.0194. The quantitative estimate of drug-likeness (QED) is 0.666. The van der Waals surface area contributed by atoms with E-state index in [-0.39, 0.29) is 5.54 Å². The first-order valence-electron chi connectivity index (χ1n) is 5.78. The Kier molecular flexibility index (Phi) is 3.57. The summed E-state index contributed by atoms with van der Waals surface area (Å²) in [6.45, 7) is 9.24. The van der Waals surface area contributed by atoms with Gasteiger partial charge in [0.1, 0.15) is 0 Å². The second-order valence-corrected chi connectivity index (χ2v) is 5.23. The number of hydrogen-bond donors (Lipinski definition) is 0. The fraction of sp³-hybridized carbons (Fsp3) is 0.917. The van der Waals surface area contributed by atoms with Gasteiger partial charge in [0.05, 0.1) is 0 Å². The van der Waals surface area contributed by atoms with Gasteiger partial charge in [-0.25, -0.2) is 0 Å². The molecule has 0 atom stereocenters. The molecule has 0 radical (unpaired) electrons. The molecular formula is C12H23NO. The standard InChI is InChI=1S/C12H23NO/c1-5-13(12(2,3)4)11(14)10-8-6-7-9-10/h10H,5-9H2,1-4H3. The van der Waals surface area contributed by atoms with Gasteiger partial charge in [0.25, 0.3) is 0 Å². The van der Waals surface area contributed by atoms with Crippen molar-refractivity contribution in [3.05, 3.63) is 0 Å². The SMILES string of the molecule is CCN(C(=O)C1CCCC1)C(C)(C)C. The summed E-state index contributed by atoms with van der Waals surface area (Å²) < 4.78 is 0. The third-order valence-electron chi connectivity index (χ3n) is 3.10. The first-order valence-corrected chi connectivity index (χ1v) is 5.78. The van der Waals surface area contributed by atoms with Crippen LogP contribution < -0.4 is 0 Å². The van der Waals surface area contributed by atoms with Crippen LogP contribution in [-0.4, -0.2) is 22.9 Å². The van der Waals surface area contributed by atoms with Crippen molar-refractivity contribution < 1.29 is 4.79 Å². The molecule has 82 valence electrons. The maximum absolute atomic E-state index is 12.1. The maximum Gasteiger partial charge on any atom is 0.226 e. The van der Waals surface area contributed by atoms with Crippen LogP contribution in [0.3, 0.4) is 0 Å². The lowest BCUT2D eigenvalue weighted by atomic mass is 10.0. The number of carbonyl (C=O) groups excluding carboxylic acids is 1. The molecule has 2 heteroatoms. The number of amides is 1. The molecule has 1 aliphatic rings. The predicted molar refractivity (Wildman–Crippen MR) is 59.1 cm³/mol. The van der Waals surface area contributed by atoms with Gasteiger partial charge in [-0.3, -0.25) is 4.79 Å². The van der Waals surface area contributed by atoms with Gasteiger partial charge in [-0.05, 0) is 40.5 Å². The lowest BCUT2D eigenvalue weighted by Gasteiger charge is -2.36. The number of rotatable bonds is 2. The molecule has 2 nitrogen and oxygen atoms in total. The van der Waals surface area contributed by atoms with E-state index in [2.05, 4.69) is 27.7 Å². The van der Waals surface area contributed by atoms with Crippen LogP contribution in [0.4, 0.5) is 0 Å². The van der Waals surface area contributed by atoms with Gasteiger partial charge >= 0.3 is 0 Å². The Bertz CT molecular complexity index is 199. The molecule has 1 amide bonds. The maximum atomic E-state index is 12.1. The zero-order valence-corrected chi connectivity index (χ0v) is 9.97. The van der Waals surface area contributed by atoms with Gasteiger partial charge in [-0.2, -0.15) is 0 Å². The average molecular weight is 197 g/mol. The van der Waals surface area contributed by atoms with Crippen molar-refractivity contribution in [2.45, 2.75) is 58.9 Å². The second-order valence-electron chi connectivity index (χ2n) is 5.23. The van der Waals surface area contributed by atoms with E-state index in [9.17, 15) is 4.79 Å². The molecule has 0 unspecified atom stereocenters.